The molecule has 2 aromatic rings. The molecule has 0 spiro atoms. The summed E-state index contributed by atoms with van der Waals surface area (Å²) >= 11 is 1.28. The zero-order valence-electron chi connectivity index (χ0n) is 12.5. The largest absolute Gasteiger partial charge is 0.344 e. The Bertz CT molecular complexity index is 761. The summed E-state index contributed by atoms with van der Waals surface area (Å²) in [6, 6.07) is 6.19. The summed E-state index contributed by atoms with van der Waals surface area (Å²) in [4.78, 5) is 23.8. The summed E-state index contributed by atoms with van der Waals surface area (Å²) in [6.07, 6.45) is 2.00. The van der Waals surface area contributed by atoms with Gasteiger partial charge >= 0.3 is 5.69 Å². The normalized spacial score (nSPS) is 14.1. The molecule has 1 saturated carbocycles. The molecule has 116 valence electrons. The van der Waals surface area contributed by atoms with E-state index in [0.29, 0.717) is 5.16 Å². The van der Waals surface area contributed by atoms with Crippen molar-refractivity contribution in [2.75, 3.05) is 11.1 Å². The molecule has 3 rings (SSSR count). The first kappa shape index (κ1) is 14.9. The van der Waals surface area contributed by atoms with Crippen LogP contribution in [0.15, 0.2) is 28.2 Å². The van der Waals surface area contributed by atoms with Crippen LogP contribution < -0.4 is 11.0 Å². The van der Waals surface area contributed by atoms with Crippen molar-refractivity contribution in [1.82, 2.24) is 14.8 Å². The van der Waals surface area contributed by atoms with E-state index in [4.69, 9.17) is 0 Å². The number of hydrogen-bond donors (Lipinski definition) is 2. The Morgan fingerprint density at radius 1 is 1.45 bits per heavy atom. The van der Waals surface area contributed by atoms with Crippen LogP contribution in [-0.4, -0.2) is 26.4 Å². The van der Waals surface area contributed by atoms with Crippen molar-refractivity contribution >= 4 is 23.4 Å². The molecule has 2 N–H and O–H groups in total. The number of thioether (sulfide) groups is 1. The van der Waals surface area contributed by atoms with E-state index >= 15 is 0 Å². The molecule has 6 nitrogen and oxygen atoms in total. The maximum atomic E-state index is 12.1. The Morgan fingerprint density at radius 2 is 2.23 bits per heavy atom. The summed E-state index contributed by atoms with van der Waals surface area (Å²) in [5.41, 5.74) is 2.76. The lowest BCUT2D eigenvalue weighted by Gasteiger charge is -2.09. The fraction of sp³-hybridized carbons (Fsp3) is 0.400. The van der Waals surface area contributed by atoms with E-state index in [1.54, 1.807) is 4.57 Å². The van der Waals surface area contributed by atoms with Crippen molar-refractivity contribution in [1.29, 1.82) is 0 Å². The average molecular weight is 318 g/mol. The zero-order valence-corrected chi connectivity index (χ0v) is 13.4. The number of carbonyl (C=O) groups is 1. The van der Waals surface area contributed by atoms with Crippen LogP contribution in [-0.2, 0) is 4.79 Å². The summed E-state index contributed by atoms with van der Waals surface area (Å²) < 4.78 is 1.65. The van der Waals surface area contributed by atoms with E-state index in [2.05, 4.69) is 15.5 Å². The van der Waals surface area contributed by atoms with Crippen LogP contribution in [0.5, 0.6) is 0 Å². The van der Waals surface area contributed by atoms with Crippen LogP contribution in [0, 0.1) is 13.8 Å². The molecular formula is C15H18N4O2S. The van der Waals surface area contributed by atoms with Gasteiger partial charge in [-0.25, -0.2) is 9.89 Å². The van der Waals surface area contributed by atoms with Crippen LogP contribution in [0.1, 0.15) is 30.0 Å². The minimum atomic E-state index is -0.195. The van der Waals surface area contributed by atoms with Gasteiger partial charge in [0.25, 0.3) is 0 Å². The molecular weight excluding hydrogens is 300 g/mol. The van der Waals surface area contributed by atoms with Crippen molar-refractivity contribution in [2.24, 2.45) is 0 Å². The number of nitrogens with zero attached hydrogens (tertiary/aromatic N) is 2. The fourth-order valence-corrected chi connectivity index (χ4v) is 3.05. The number of rotatable bonds is 5. The lowest BCUT2D eigenvalue weighted by atomic mass is 10.1. The van der Waals surface area contributed by atoms with Crippen molar-refractivity contribution in [3.05, 3.63) is 39.8 Å². The lowest BCUT2D eigenvalue weighted by Crippen LogP contribution is -2.18. The predicted octanol–water partition coefficient (Wildman–Crippen LogP) is 2.25. The van der Waals surface area contributed by atoms with Crippen LogP contribution in [0.4, 0.5) is 5.69 Å². The van der Waals surface area contributed by atoms with Gasteiger partial charge in [-0.05, 0) is 43.9 Å². The summed E-state index contributed by atoms with van der Waals surface area (Å²) in [6.45, 7) is 3.95. The van der Waals surface area contributed by atoms with Gasteiger partial charge in [0.2, 0.25) is 5.91 Å². The van der Waals surface area contributed by atoms with Gasteiger partial charge in [0.15, 0.2) is 5.16 Å². The first-order valence-corrected chi connectivity index (χ1v) is 8.20. The molecule has 1 aromatic heterocycles. The van der Waals surface area contributed by atoms with Gasteiger partial charge in [0.1, 0.15) is 0 Å². The van der Waals surface area contributed by atoms with Gasteiger partial charge in [-0.2, -0.15) is 0 Å². The number of nitrogens with one attached hydrogen (secondary N) is 2. The van der Waals surface area contributed by atoms with Crippen molar-refractivity contribution in [3.63, 3.8) is 0 Å². The number of H-pyrrole nitrogens is 1. The quantitative estimate of drug-likeness (QED) is 0.829. The third-order valence-electron chi connectivity index (χ3n) is 3.58. The first-order chi connectivity index (χ1) is 10.5. The molecule has 0 radical (unpaired) electrons. The van der Waals surface area contributed by atoms with Gasteiger partial charge in [0, 0.05) is 11.7 Å². The highest BCUT2D eigenvalue weighted by Gasteiger charge is 2.28. The van der Waals surface area contributed by atoms with E-state index in [1.807, 2.05) is 32.0 Å². The minimum Gasteiger partial charge on any atom is -0.325 e. The lowest BCUT2D eigenvalue weighted by molar-refractivity contribution is -0.113. The van der Waals surface area contributed by atoms with E-state index in [1.165, 1.54) is 11.8 Å². The van der Waals surface area contributed by atoms with Crippen LogP contribution in [0.25, 0.3) is 0 Å². The highest BCUT2D eigenvalue weighted by atomic mass is 32.2. The zero-order chi connectivity index (χ0) is 15.7. The molecule has 7 heteroatoms. The fourth-order valence-electron chi connectivity index (χ4n) is 2.23. The topological polar surface area (TPSA) is 79.8 Å². The Kier molecular flexibility index (Phi) is 4.06. The molecule has 1 aromatic carbocycles. The van der Waals surface area contributed by atoms with E-state index in [-0.39, 0.29) is 23.4 Å². The third kappa shape index (κ3) is 3.24. The smallest absolute Gasteiger partial charge is 0.325 e. The second-order valence-corrected chi connectivity index (χ2v) is 6.51. The second kappa shape index (κ2) is 6.00. The molecule has 0 aliphatic heterocycles. The Labute approximate surface area is 132 Å². The van der Waals surface area contributed by atoms with Crippen LogP contribution in [0.2, 0.25) is 0 Å². The van der Waals surface area contributed by atoms with Crippen LogP contribution >= 0.6 is 11.8 Å². The van der Waals surface area contributed by atoms with Gasteiger partial charge in [-0.1, -0.05) is 23.9 Å². The maximum absolute atomic E-state index is 12.1. The average Bonchev–Trinajstić information content (AvgIpc) is 3.24. The van der Waals surface area contributed by atoms with Crippen molar-refractivity contribution in [2.45, 2.75) is 37.9 Å². The van der Waals surface area contributed by atoms with Crippen LogP contribution in [0.3, 0.4) is 0 Å². The molecule has 1 aliphatic carbocycles. The van der Waals surface area contributed by atoms with Gasteiger partial charge < -0.3 is 5.32 Å². The monoisotopic (exact) mass is 318 g/mol. The second-order valence-electron chi connectivity index (χ2n) is 5.57. The maximum Gasteiger partial charge on any atom is 0.344 e. The number of carbonyl (C=O) groups excluding carboxylic acids is 1. The number of aryl methyl sites for hydroxylation is 2. The molecule has 1 amide bonds. The number of amides is 1. The molecule has 1 fully saturated rings. The van der Waals surface area contributed by atoms with Gasteiger partial charge in [0.05, 0.1) is 5.75 Å². The van der Waals surface area contributed by atoms with Crippen molar-refractivity contribution in [3.8, 4) is 0 Å². The molecule has 0 bridgehead atoms. The molecule has 0 unspecified atom stereocenters. The van der Waals surface area contributed by atoms with E-state index in [9.17, 15) is 9.59 Å². The Balaban J connectivity index is 1.63. The summed E-state index contributed by atoms with van der Waals surface area (Å²) in [5.74, 6) is 0.126. The SMILES string of the molecule is Cc1ccc(C)c(NC(=O)CSc2n[nH]c(=O)n2C2CC2)c1. The Morgan fingerprint density at radius 3 is 2.95 bits per heavy atom. The minimum absolute atomic E-state index is 0.100. The van der Waals surface area contributed by atoms with Gasteiger partial charge in [-0.15, -0.1) is 5.10 Å². The summed E-state index contributed by atoms with van der Waals surface area (Å²) in [5, 5.41) is 9.94. The molecule has 0 atom stereocenters. The standard InChI is InChI=1S/C15H18N4O2S/c1-9-3-4-10(2)12(7-9)16-13(20)8-22-15-18-17-14(21)19(15)11-5-6-11/h3-4,7,11H,5-6,8H2,1-2H3,(H,16,20)(H,17,21). The predicted molar refractivity (Wildman–Crippen MR) is 86.4 cm³/mol. The third-order valence-corrected chi connectivity index (χ3v) is 4.54. The molecule has 0 saturated heterocycles. The summed E-state index contributed by atoms with van der Waals surface area (Å²) in [7, 11) is 0. The molecule has 22 heavy (non-hydrogen) atoms. The highest BCUT2D eigenvalue weighted by Crippen LogP contribution is 2.36. The van der Waals surface area contributed by atoms with Crippen molar-refractivity contribution < 1.29 is 4.79 Å². The number of benzene rings is 1. The molecule has 1 aliphatic rings. The Hall–Kier alpha value is -2.02. The van der Waals surface area contributed by atoms with E-state index < -0.39 is 0 Å². The number of anilines is 1. The van der Waals surface area contributed by atoms with Gasteiger partial charge in [-0.3, -0.25) is 9.36 Å². The number of aromatic nitrogens is 3. The number of hydrogen-bond acceptors (Lipinski definition) is 4. The first-order valence-electron chi connectivity index (χ1n) is 7.21. The number of aromatic amines is 1. The molecule has 1 heterocycles. The highest BCUT2D eigenvalue weighted by molar-refractivity contribution is 7.99. The van der Waals surface area contributed by atoms with E-state index in [0.717, 1.165) is 29.7 Å².